The predicted octanol–water partition coefficient (Wildman–Crippen LogP) is 2.69. The summed E-state index contributed by atoms with van der Waals surface area (Å²) in [6.45, 7) is 3.49. The van der Waals surface area contributed by atoms with E-state index in [9.17, 15) is 14.3 Å². The van der Waals surface area contributed by atoms with Gasteiger partial charge in [0.2, 0.25) is 0 Å². The van der Waals surface area contributed by atoms with Gasteiger partial charge in [-0.3, -0.25) is 9.36 Å². The Balaban J connectivity index is 1.83. The summed E-state index contributed by atoms with van der Waals surface area (Å²) in [5.74, 6) is -0.312. The summed E-state index contributed by atoms with van der Waals surface area (Å²) in [7, 11) is 0. The summed E-state index contributed by atoms with van der Waals surface area (Å²) in [6, 6.07) is 6.14. The SMILES string of the molecule is Cc1sc2ncn(C[C@]3(O)CCCNC3)c(=O)c2c1-c1ccc(F)cc1. The van der Waals surface area contributed by atoms with Crippen LogP contribution in [0.5, 0.6) is 0 Å². The average Bonchev–Trinajstić information content (AvgIpc) is 2.96. The highest BCUT2D eigenvalue weighted by Crippen LogP contribution is 2.35. The molecule has 2 aromatic heterocycles. The highest BCUT2D eigenvalue weighted by Gasteiger charge is 2.30. The lowest BCUT2D eigenvalue weighted by atomic mass is 9.94. The van der Waals surface area contributed by atoms with Gasteiger partial charge in [0.05, 0.1) is 23.9 Å². The van der Waals surface area contributed by atoms with Crippen molar-refractivity contribution in [3.05, 3.63) is 51.6 Å². The topological polar surface area (TPSA) is 67.2 Å². The van der Waals surface area contributed by atoms with Gasteiger partial charge in [-0.05, 0) is 44.0 Å². The fourth-order valence-electron chi connectivity index (χ4n) is 3.62. The Bertz CT molecular complexity index is 1000. The Labute approximate surface area is 154 Å². The Kier molecular flexibility index (Phi) is 4.38. The van der Waals surface area contributed by atoms with E-state index in [1.807, 2.05) is 6.92 Å². The third-order valence-electron chi connectivity index (χ3n) is 4.90. The molecule has 4 rings (SSSR count). The first-order valence-corrected chi connectivity index (χ1v) is 9.46. The molecule has 0 unspecified atom stereocenters. The number of rotatable bonds is 3. The summed E-state index contributed by atoms with van der Waals surface area (Å²) < 4.78 is 14.8. The van der Waals surface area contributed by atoms with E-state index in [-0.39, 0.29) is 17.9 Å². The Morgan fingerprint density at radius 2 is 2.15 bits per heavy atom. The summed E-state index contributed by atoms with van der Waals surface area (Å²) >= 11 is 1.45. The van der Waals surface area contributed by atoms with Crippen molar-refractivity contribution in [2.45, 2.75) is 31.9 Å². The molecule has 0 aliphatic carbocycles. The monoisotopic (exact) mass is 373 g/mol. The molecule has 1 atom stereocenters. The van der Waals surface area contributed by atoms with E-state index in [2.05, 4.69) is 10.3 Å². The molecule has 0 amide bonds. The normalized spacial score (nSPS) is 20.6. The molecular weight excluding hydrogens is 353 g/mol. The van der Waals surface area contributed by atoms with Crippen LogP contribution in [0, 0.1) is 12.7 Å². The Hall–Kier alpha value is -2.09. The standard InChI is InChI=1S/C19H20FN3O2S/c1-12-15(13-3-5-14(20)6-4-13)16-17(26-12)22-11-23(18(16)24)10-19(25)7-2-8-21-9-19/h3-6,11,21,25H,2,7-10H2,1H3/t19-/m0/s1. The van der Waals surface area contributed by atoms with Crippen molar-refractivity contribution in [1.29, 1.82) is 0 Å². The van der Waals surface area contributed by atoms with Crippen LogP contribution in [0.15, 0.2) is 35.4 Å². The summed E-state index contributed by atoms with van der Waals surface area (Å²) in [5.41, 5.74) is 0.478. The minimum atomic E-state index is -0.946. The van der Waals surface area contributed by atoms with Gasteiger partial charge in [-0.15, -0.1) is 11.3 Å². The molecule has 0 spiro atoms. The fourth-order valence-corrected chi connectivity index (χ4v) is 4.62. The summed E-state index contributed by atoms with van der Waals surface area (Å²) in [6.07, 6.45) is 3.04. The van der Waals surface area contributed by atoms with Crippen molar-refractivity contribution in [2.75, 3.05) is 13.1 Å². The molecule has 136 valence electrons. The maximum atomic E-state index is 13.3. The second-order valence-corrected chi connectivity index (χ2v) is 8.11. The van der Waals surface area contributed by atoms with E-state index in [1.165, 1.54) is 34.4 Å². The van der Waals surface area contributed by atoms with Gasteiger partial charge >= 0.3 is 0 Å². The molecule has 7 heteroatoms. The van der Waals surface area contributed by atoms with Crippen molar-refractivity contribution < 1.29 is 9.50 Å². The quantitative estimate of drug-likeness (QED) is 0.741. The molecule has 1 aromatic carbocycles. The van der Waals surface area contributed by atoms with E-state index in [4.69, 9.17) is 0 Å². The van der Waals surface area contributed by atoms with Crippen LogP contribution in [-0.4, -0.2) is 33.3 Å². The van der Waals surface area contributed by atoms with E-state index >= 15 is 0 Å². The number of nitrogens with zero attached hydrogens (tertiary/aromatic N) is 2. The van der Waals surface area contributed by atoms with Gasteiger partial charge in [-0.25, -0.2) is 9.37 Å². The van der Waals surface area contributed by atoms with Crippen molar-refractivity contribution in [2.24, 2.45) is 0 Å². The van der Waals surface area contributed by atoms with Gasteiger partial charge in [0.15, 0.2) is 0 Å². The Morgan fingerprint density at radius 1 is 1.38 bits per heavy atom. The van der Waals surface area contributed by atoms with Gasteiger partial charge < -0.3 is 10.4 Å². The number of nitrogens with one attached hydrogen (secondary N) is 1. The lowest BCUT2D eigenvalue weighted by molar-refractivity contribution is -0.000241. The van der Waals surface area contributed by atoms with Crippen molar-refractivity contribution >= 4 is 21.6 Å². The largest absolute Gasteiger partial charge is 0.387 e. The number of fused-ring (bicyclic) bond motifs is 1. The van der Waals surface area contributed by atoms with Crippen LogP contribution >= 0.6 is 11.3 Å². The van der Waals surface area contributed by atoms with Crippen molar-refractivity contribution in [3.63, 3.8) is 0 Å². The average molecular weight is 373 g/mol. The van der Waals surface area contributed by atoms with Gasteiger partial charge in [-0.2, -0.15) is 0 Å². The molecule has 2 N–H and O–H groups in total. The molecule has 1 aliphatic heterocycles. The highest BCUT2D eigenvalue weighted by atomic mass is 32.1. The molecule has 5 nitrogen and oxygen atoms in total. The maximum Gasteiger partial charge on any atom is 0.262 e. The molecule has 26 heavy (non-hydrogen) atoms. The number of hydrogen-bond acceptors (Lipinski definition) is 5. The molecular formula is C19H20FN3O2S. The molecule has 0 radical (unpaired) electrons. The zero-order valence-electron chi connectivity index (χ0n) is 14.5. The summed E-state index contributed by atoms with van der Waals surface area (Å²) in [4.78, 5) is 19.2. The highest BCUT2D eigenvalue weighted by molar-refractivity contribution is 7.19. The first kappa shape index (κ1) is 17.3. The van der Waals surface area contributed by atoms with Crippen LogP contribution in [0.3, 0.4) is 0 Å². The van der Waals surface area contributed by atoms with Crippen LogP contribution in [0.25, 0.3) is 21.3 Å². The first-order valence-electron chi connectivity index (χ1n) is 8.64. The van der Waals surface area contributed by atoms with E-state index in [0.29, 0.717) is 23.2 Å². The predicted molar refractivity (Wildman–Crippen MR) is 101 cm³/mol. The molecule has 3 aromatic rings. The summed E-state index contributed by atoms with van der Waals surface area (Å²) in [5, 5.41) is 14.5. The van der Waals surface area contributed by atoms with Crippen molar-refractivity contribution in [1.82, 2.24) is 14.9 Å². The molecule has 1 saturated heterocycles. The third-order valence-corrected chi connectivity index (χ3v) is 5.92. The Morgan fingerprint density at radius 3 is 2.85 bits per heavy atom. The number of halogens is 1. The zero-order chi connectivity index (χ0) is 18.3. The van der Waals surface area contributed by atoms with Crippen LogP contribution in [0.2, 0.25) is 0 Å². The number of β-amino-alcohol motifs (C(OH)–C–C–N with tert-alkyl or cyclic N) is 1. The van der Waals surface area contributed by atoms with E-state index < -0.39 is 5.60 Å². The second-order valence-electron chi connectivity index (χ2n) is 6.90. The maximum absolute atomic E-state index is 13.3. The number of aryl methyl sites for hydroxylation is 1. The number of hydrogen-bond donors (Lipinski definition) is 2. The number of thiophene rings is 1. The van der Waals surface area contributed by atoms with Crippen LogP contribution in [0.4, 0.5) is 4.39 Å². The minimum Gasteiger partial charge on any atom is -0.387 e. The first-order chi connectivity index (χ1) is 12.5. The lowest BCUT2D eigenvalue weighted by Crippen LogP contribution is -2.49. The zero-order valence-corrected chi connectivity index (χ0v) is 15.3. The number of aromatic nitrogens is 2. The van der Waals surface area contributed by atoms with Gasteiger partial charge in [0.1, 0.15) is 10.6 Å². The van der Waals surface area contributed by atoms with Crippen molar-refractivity contribution in [3.8, 4) is 11.1 Å². The molecule has 0 bridgehead atoms. The number of aliphatic hydroxyl groups is 1. The minimum absolute atomic E-state index is 0.169. The molecule has 1 aliphatic rings. The van der Waals surface area contributed by atoms with E-state index in [1.54, 1.807) is 12.1 Å². The van der Waals surface area contributed by atoms with E-state index in [0.717, 1.165) is 29.0 Å². The van der Waals surface area contributed by atoms with Gasteiger partial charge in [0.25, 0.3) is 5.56 Å². The fraction of sp³-hybridized carbons (Fsp3) is 0.368. The smallest absolute Gasteiger partial charge is 0.262 e. The third kappa shape index (κ3) is 3.06. The van der Waals surface area contributed by atoms with Gasteiger partial charge in [0, 0.05) is 17.0 Å². The molecule has 3 heterocycles. The molecule has 1 fully saturated rings. The molecule has 0 saturated carbocycles. The lowest BCUT2D eigenvalue weighted by Gasteiger charge is -2.32. The van der Waals surface area contributed by atoms with Crippen LogP contribution in [0.1, 0.15) is 17.7 Å². The number of benzene rings is 1. The van der Waals surface area contributed by atoms with Crippen LogP contribution < -0.4 is 10.9 Å². The number of piperidine rings is 1. The van der Waals surface area contributed by atoms with Crippen LogP contribution in [-0.2, 0) is 6.54 Å². The van der Waals surface area contributed by atoms with Gasteiger partial charge in [-0.1, -0.05) is 12.1 Å². The second kappa shape index (κ2) is 6.57.